The molecule has 0 aromatic heterocycles. The summed E-state index contributed by atoms with van der Waals surface area (Å²) in [5.74, 6) is 0.318. The third-order valence-electron chi connectivity index (χ3n) is 4.65. The standard InChI is InChI=1S/C22H25N3O3S/c1-4-28-18-12-10-16(11-13-18)23-20(26)14-19-21(27)25(17-8-6-5-7-9-17)22(29)24(19)15(2)3/h5-13,15,19H,4,14H2,1-3H3,(H,23,26). The van der Waals surface area contributed by atoms with Gasteiger partial charge in [-0.1, -0.05) is 18.2 Å². The number of nitrogens with zero attached hydrogens (tertiary/aromatic N) is 2. The molecule has 1 saturated heterocycles. The third kappa shape index (κ3) is 4.56. The van der Waals surface area contributed by atoms with E-state index in [1.165, 1.54) is 4.90 Å². The average molecular weight is 412 g/mol. The molecule has 1 atom stereocenters. The molecule has 1 aliphatic rings. The van der Waals surface area contributed by atoms with Gasteiger partial charge in [0.05, 0.1) is 18.7 Å². The van der Waals surface area contributed by atoms with Crippen LogP contribution in [0.5, 0.6) is 5.75 Å². The quantitative estimate of drug-likeness (QED) is 0.702. The first-order chi connectivity index (χ1) is 13.9. The Hall–Kier alpha value is -2.93. The smallest absolute Gasteiger partial charge is 0.256 e. The molecule has 1 unspecified atom stereocenters. The van der Waals surface area contributed by atoms with Gasteiger partial charge in [0, 0.05) is 11.7 Å². The number of ether oxygens (including phenoxy) is 1. The minimum absolute atomic E-state index is 0.0107. The Kier molecular flexibility index (Phi) is 6.49. The zero-order chi connectivity index (χ0) is 21.0. The lowest BCUT2D eigenvalue weighted by molar-refractivity contribution is -0.124. The van der Waals surface area contributed by atoms with Gasteiger partial charge in [-0.15, -0.1) is 0 Å². The van der Waals surface area contributed by atoms with Gasteiger partial charge in [-0.2, -0.15) is 0 Å². The number of anilines is 2. The first-order valence-corrected chi connectivity index (χ1v) is 10.1. The maximum atomic E-state index is 13.1. The van der Waals surface area contributed by atoms with Crippen molar-refractivity contribution in [3.8, 4) is 5.75 Å². The minimum atomic E-state index is -0.634. The van der Waals surface area contributed by atoms with Crippen molar-refractivity contribution in [2.24, 2.45) is 0 Å². The van der Waals surface area contributed by atoms with Crippen LogP contribution in [0.2, 0.25) is 0 Å². The summed E-state index contributed by atoms with van der Waals surface area (Å²) in [4.78, 5) is 29.1. The van der Waals surface area contributed by atoms with Crippen LogP contribution in [0.25, 0.3) is 0 Å². The summed E-state index contributed by atoms with van der Waals surface area (Å²) in [5, 5.41) is 3.28. The Labute approximate surface area is 176 Å². The topological polar surface area (TPSA) is 61.9 Å². The van der Waals surface area contributed by atoms with E-state index in [1.807, 2.05) is 56.0 Å². The van der Waals surface area contributed by atoms with Crippen LogP contribution in [0.15, 0.2) is 54.6 Å². The lowest BCUT2D eigenvalue weighted by Crippen LogP contribution is -2.42. The summed E-state index contributed by atoms with van der Waals surface area (Å²) in [5.41, 5.74) is 1.37. The van der Waals surface area contributed by atoms with Gasteiger partial charge in [0.1, 0.15) is 11.8 Å². The van der Waals surface area contributed by atoms with Gasteiger partial charge in [-0.3, -0.25) is 14.5 Å². The molecule has 1 N–H and O–H groups in total. The molecule has 0 saturated carbocycles. The number of benzene rings is 2. The van der Waals surface area contributed by atoms with E-state index in [2.05, 4.69) is 5.32 Å². The number of amides is 2. The second-order valence-corrected chi connectivity index (χ2v) is 7.38. The molecular formula is C22H25N3O3S. The van der Waals surface area contributed by atoms with Crippen molar-refractivity contribution in [2.45, 2.75) is 39.3 Å². The van der Waals surface area contributed by atoms with E-state index in [1.54, 1.807) is 24.3 Å². The number of hydrogen-bond donors (Lipinski definition) is 1. The van der Waals surface area contributed by atoms with Crippen molar-refractivity contribution < 1.29 is 14.3 Å². The molecular weight excluding hydrogens is 386 g/mol. The van der Waals surface area contributed by atoms with E-state index in [0.29, 0.717) is 23.1 Å². The highest BCUT2D eigenvalue weighted by molar-refractivity contribution is 7.80. The number of nitrogens with one attached hydrogen (secondary N) is 1. The Morgan fingerprint density at radius 1 is 1.14 bits per heavy atom. The van der Waals surface area contributed by atoms with Gasteiger partial charge in [-0.25, -0.2) is 0 Å². The van der Waals surface area contributed by atoms with Gasteiger partial charge in [0.15, 0.2) is 5.11 Å². The number of hydrogen-bond acceptors (Lipinski definition) is 4. The maximum Gasteiger partial charge on any atom is 0.256 e. The van der Waals surface area contributed by atoms with Gasteiger partial charge in [-0.05, 0) is 69.4 Å². The van der Waals surface area contributed by atoms with Crippen LogP contribution in [0.3, 0.4) is 0 Å². The average Bonchev–Trinajstić information content (AvgIpc) is 2.94. The largest absolute Gasteiger partial charge is 0.494 e. The van der Waals surface area contributed by atoms with E-state index < -0.39 is 6.04 Å². The highest BCUT2D eigenvalue weighted by Gasteiger charge is 2.45. The zero-order valence-electron chi connectivity index (χ0n) is 16.8. The fourth-order valence-electron chi connectivity index (χ4n) is 3.38. The first kappa shape index (κ1) is 20.8. The van der Waals surface area contributed by atoms with E-state index in [9.17, 15) is 9.59 Å². The number of para-hydroxylation sites is 1. The summed E-state index contributed by atoms with van der Waals surface area (Å²) in [6.07, 6.45) is 0.0215. The summed E-state index contributed by atoms with van der Waals surface area (Å²) < 4.78 is 5.41. The Bertz CT molecular complexity index is 884. The van der Waals surface area contributed by atoms with Crippen LogP contribution in [-0.2, 0) is 9.59 Å². The molecule has 2 amide bonds. The van der Waals surface area contributed by atoms with Crippen molar-refractivity contribution in [1.29, 1.82) is 0 Å². The van der Waals surface area contributed by atoms with E-state index in [0.717, 1.165) is 5.75 Å². The van der Waals surface area contributed by atoms with Gasteiger partial charge in [0.25, 0.3) is 5.91 Å². The summed E-state index contributed by atoms with van der Waals surface area (Å²) in [7, 11) is 0. The van der Waals surface area contributed by atoms with Gasteiger partial charge >= 0.3 is 0 Å². The van der Waals surface area contributed by atoms with Crippen molar-refractivity contribution in [3.05, 3.63) is 54.6 Å². The van der Waals surface area contributed by atoms with Crippen molar-refractivity contribution in [2.75, 3.05) is 16.8 Å². The summed E-state index contributed by atoms with van der Waals surface area (Å²) >= 11 is 5.58. The van der Waals surface area contributed by atoms with Crippen LogP contribution in [0.1, 0.15) is 27.2 Å². The molecule has 1 fully saturated rings. The van der Waals surface area contributed by atoms with Crippen molar-refractivity contribution in [3.63, 3.8) is 0 Å². The minimum Gasteiger partial charge on any atom is -0.494 e. The fourth-order valence-corrected chi connectivity index (χ4v) is 3.91. The monoisotopic (exact) mass is 411 g/mol. The predicted octanol–water partition coefficient (Wildman–Crippen LogP) is 3.82. The number of carbonyl (C=O) groups is 2. The molecule has 0 radical (unpaired) electrons. The second kappa shape index (κ2) is 9.05. The van der Waals surface area contributed by atoms with Crippen LogP contribution in [-0.4, -0.2) is 40.5 Å². The van der Waals surface area contributed by atoms with Crippen molar-refractivity contribution >= 4 is 40.5 Å². The van der Waals surface area contributed by atoms with Crippen LogP contribution >= 0.6 is 12.2 Å². The number of carbonyl (C=O) groups excluding carboxylic acids is 2. The van der Waals surface area contributed by atoms with Crippen LogP contribution in [0.4, 0.5) is 11.4 Å². The van der Waals surface area contributed by atoms with Crippen molar-refractivity contribution in [1.82, 2.24) is 4.90 Å². The Balaban J connectivity index is 1.74. The summed E-state index contributed by atoms with van der Waals surface area (Å²) in [6.45, 7) is 6.42. The number of rotatable bonds is 7. The van der Waals surface area contributed by atoms with Gasteiger partial charge in [0.2, 0.25) is 5.91 Å². The molecule has 2 aromatic carbocycles. The lowest BCUT2D eigenvalue weighted by atomic mass is 10.1. The van der Waals surface area contributed by atoms with E-state index in [-0.39, 0.29) is 24.3 Å². The third-order valence-corrected chi connectivity index (χ3v) is 5.05. The highest BCUT2D eigenvalue weighted by Crippen LogP contribution is 2.29. The molecule has 0 bridgehead atoms. The van der Waals surface area contributed by atoms with Crippen LogP contribution < -0.4 is 15.0 Å². The normalized spacial score (nSPS) is 16.5. The highest BCUT2D eigenvalue weighted by atomic mass is 32.1. The predicted molar refractivity (Wildman–Crippen MR) is 118 cm³/mol. The second-order valence-electron chi connectivity index (χ2n) is 7.02. The van der Waals surface area contributed by atoms with E-state index >= 15 is 0 Å². The molecule has 0 spiro atoms. The van der Waals surface area contributed by atoms with E-state index in [4.69, 9.17) is 17.0 Å². The first-order valence-electron chi connectivity index (χ1n) is 9.66. The zero-order valence-corrected chi connectivity index (χ0v) is 17.6. The molecule has 3 rings (SSSR count). The fraction of sp³-hybridized carbons (Fsp3) is 0.318. The Morgan fingerprint density at radius 2 is 1.79 bits per heavy atom. The SMILES string of the molecule is CCOc1ccc(NC(=O)CC2C(=O)N(c3ccccc3)C(=S)N2C(C)C)cc1. The molecule has 6 nitrogen and oxygen atoms in total. The lowest BCUT2D eigenvalue weighted by Gasteiger charge is -2.27. The molecule has 1 heterocycles. The maximum absolute atomic E-state index is 13.1. The molecule has 7 heteroatoms. The molecule has 29 heavy (non-hydrogen) atoms. The van der Waals surface area contributed by atoms with Gasteiger partial charge < -0.3 is 15.0 Å². The molecule has 0 aliphatic carbocycles. The molecule has 1 aliphatic heterocycles. The number of thiocarbonyl (C=S) groups is 1. The van der Waals surface area contributed by atoms with Crippen LogP contribution in [0, 0.1) is 0 Å². The Morgan fingerprint density at radius 3 is 2.38 bits per heavy atom. The molecule has 152 valence electrons. The molecule has 2 aromatic rings. The summed E-state index contributed by atoms with van der Waals surface area (Å²) in [6, 6.07) is 15.8.